The summed E-state index contributed by atoms with van der Waals surface area (Å²) in [5.41, 5.74) is 8.33. The van der Waals surface area contributed by atoms with E-state index in [-0.39, 0.29) is 24.7 Å². The normalized spacial score (nSPS) is 15.2. The van der Waals surface area contributed by atoms with Gasteiger partial charge in [0.15, 0.2) is 0 Å². The van der Waals surface area contributed by atoms with Crippen molar-refractivity contribution < 1.29 is 24.3 Å². The molecule has 2 aromatic heterocycles. The summed E-state index contributed by atoms with van der Waals surface area (Å²) < 4.78 is 0. The van der Waals surface area contributed by atoms with E-state index in [0.29, 0.717) is 12.1 Å². The molecule has 3 rings (SSSR count). The second-order valence-electron chi connectivity index (χ2n) is 10.5. The fourth-order valence-corrected chi connectivity index (χ4v) is 4.45. The number of imidazole rings is 1. The monoisotopic (exact) mass is 553 g/mol. The third-order valence-corrected chi connectivity index (χ3v) is 7.09. The molecule has 0 bridgehead atoms. The minimum Gasteiger partial charge on any atom is -0.480 e. The molecule has 0 aliphatic carbocycles. The average Bonchev–Trinajstić information content (AvgIpc) is 3.58. The molecule has 1 aromatic carbocycles. The lowest BCUT2D eigenvalue weighted by Gasteiger charge is -2.29. The van der Waals surface area contributed by atoms with E-state index < -0.39 is 47.9 Å². The van der Waals surface area contributed by atoms with Crippen LogP contribution < -0.4 is 21.7 Å². The molecule has 12 nitrogen and oxygen atoms in total. The molecular weight excluding hydrogens is 514 g/mol. The number of fused-ring (bicyclic) bond motifs is 1. The Labute approximate surface area is 232 Å². The number of carboxylic acid groups (broad SMARTS) is 1. The van der Waals surface area contributed by atoms with Gasteiger partial charge in [0, 0.05) is 41.8 Å². The molecule has 0 fully saturated rings. The lowest BCUT2D eigenvalue weighted by molar-refractivity contribution is -0.142. The molecule has 8 N–H and O–H groups in total. The summed E-state index contributed by atoms with van der Waals surface area (Å²) in [6, 6.07) is 3.40. The molecular formula is C28H39N7O5. The van der Waals surface area contributed by atoms with Gasteiger partial charge in [-0.05, 0) is 23.5 Å². The van der Waals surface area contributed by atoms with E-state index in [1.807, 2.05) is 31.2 Å². The van der Waals surface area contributed by atoms with Crippen LogP contribution >= 0.6 is 0 Å². The number of hydrogen-bond donors (Lipinski definition) is 7. The number of benzene rings is 1. The Balaban J connectivity index is 1.70. The zero-order valence-electron chi connectivity index (χ0n) is 23.2. The first-order valence-electron chi connectivity index (χ1n) is 13.4. The summed E-state index contributed by atoms with van der Waals surface area (Å²) in [6.07, 6.45) is 5.60. The summed E-state index contributed by atoms with van der Waals surface area (Å²) in [5.74, 6) is -3.49. The summed E-state index contributed by atoms with van der Waals surface area (Å²) in [6.45, 7) is 7.20. The van der Waals surface area contributed by atoms with Gasteiger partial charge >= 0.3 is 5.97 Å². The van der Waals surface area contributed by atoms with Gasteiger partial charge in [0.05, 0.1) is 12.4 Å². The highest BCUT2D eigenvalue weighted by Crippen LogP contribution is 2.19. The number of H-pyrrole nitrogens is 2. The van der Waals surface area contributed by atoms with Gasteiger partial charge < -0.3 is 36.8 Å². The summed E-state index contributed by atoms with van der Waals surface area (Å²) >= 11 is 0. The van der Waals surface area contributed by atoms with Crippen molar-refractivity contribution in [3.8, 4) is 0 Å². The van der Waals surface area contributed by atoms with Crippen LogP contribution in [-0.2, 0) is 32.0 Å². The Kier molecular flexibility index (Phi) is 10.4. The van der Waals surface area contributed by atoms with Crippen molar-refractivity contribution in [3.63, 3.8) is 0 Å². The van der Waals surface area contributed by atoms with Crippen molar-refractivity contribution in [2.75, 3.05) is 0 Å². The highest BCUT2D eigenvalue weighted by molar-refractivity contribution is 5.94. The molecule has 12 heteroatoms. The van der Waals surface area contributed by atoms with Crippen LogP contribution in [0.15, 0.2) is 43.0 Å². The number of carboxylic acids is 1. The Morgan fingerprint density at radius 1 is 0.950 bits per heavy atom. The number of carbonyl (C=O) groups excluding carboxylic acids is 3. The van der Waals surface area contributed by atoms with Crippen molar-refractivity contribution in [2.24, 2.45) is 17.6 Å². The molecule has 0 saturated heterocycles. The third kappa shape index (κ3) is 7.69. The van der Waals surface area contributed by atoms with Gasteiger partial charge in [0.25, 0.3) is 0 Å². The molecule has 5 atom stereocenters. The maximum Gasteiger partial charge on any atom is 0.326 e. The van der Waals surface area contributed by atoms with E-state index >= 15 is 0 Å². The number of para-hydroxylation sites is 1. The van der Waals surface area contributed by atoms with Crippen LogP contribution in [-0.4, -0.2) is 67.9 Å². The van der Waals surface area contributed by atoms with E-state index in [1.165, 1.54) is 6.33 Å². The number of nitrogens with one attached hydrogen (secondary N) is 5. The van der Waals surface area contributed by atoms with E-state index in [0.717, 1.165) is 16.5 Å². The second-order valence-corrected chi connectivity index (χ2v) is 10.5. The Morgan fingerprint density at radius 2 is 1.62 bits per heavy atom. The quantitative estimate of drug-likeness (QED) is 0.156. The van der Waals surface area contributed by atoms with E-state index in [4.69, 9.17) is 5.73 Å². The number of aromatic amines is 2. The molecule has 0 saturated carbocycles. The number of aliphatic carboxylic acids is 1. The van der Waals surface area contributed by atoms with Gasteiger partial charge in [0.1, 0.15) is 18.1 Å². The molecule has 5 unspecified atom stereocenters. The molecule has 2 heterocycles. The van der Waals surface area contributed by atoms with Crippen LogP contribution in [0.25, 0.3) is 10.9 Å². The average molecular weight is 554 g/mol. The first kappa shape index (κ1) is 30.4. The van der Waals surface area contributed by atoms with Crippen molar-refractivity contribution in [3.05, 3.63) is 54.2 Å². The van der Waals surface area contributed by atoms with Crippen molar-refractivity contribution in [2.45, 2.75) is 71.1 Å². The second kappa shape index (κ2) is 13.7. The van der Waals surface area contributed by atoms with Crippen LogP contribution in [0.2, 0.25) is 0 Å². The Hall–Kier alpha value is -4.19. The number of rotatable bonds is 14. The predicted octanol–water partition coefficient (Wildman–Crippen LogP) is 1.24. The highest BCUT2D eigenvalue weighted by Gasteiger charge is 2.34. The highest BCUT2D eigenvalue weighted by atomic mass is 16.4. The lowest BCUT2D eigenvalue weighted by Crippen LogP contribution is -2.60. The van der Waals surface area contributed by atoms with Gasteiger partial charge in [-0.2, -0.15) is 0 Å². The molecule has 3 aromatic rings. The van der Waals surface area contributed by atoms with Crippen molar-refractivity contribution in [1.29, 1.82) is 0 Å². The zero-order valence-corrected chi connectivity index (χ0v) is 23.2. The fourth-order valence-electron chi connectivity index (χ4n) is 4.45. The molecule has 0 radical (unpaired) electrons. The van der Waals surface area contributed by atoms with Gasteiger partial charge in [-0.25, -0.2) is 9.78 Å². The number of aromatic nitrogens is 3. The van der Waals surface area contributed by atoms with Crippen LogP contribution in [0, 0.1) is 11.8 Å². The van der Waals surface area contributed by atoms with E-state index in [1.54, 1.807) is 33.2 Å². The van der Waals surface area contributed by atoms with Crippen molar-refractivity contribution in [1.82, 2.24) is 30.9 Å². The first-order valence-corrected chi connectivity index (χ1v) is 13.4. The molecule has 0 aliphatic rings. The van der Waals surface area contributed by atoms with Crippen LogP contribution in [0.4, 0.5) is 0 Å². The molecule has 40 heavy (non-hydrogen) atoms. The molecule has 216 valence electrons. The summed E-state index contributed by atoms with van der Waals surface area (Å²) in [7, 11) is 0. The molecule has 3 amide bonds. The number of amides is 3. The van der Waals surface area contributed by atoms with E-state index in [2.05, 4.69) is 30.9 Å². The standard InChI is InChI=1S/C28H39N7O5/c1-5-16(4)24(27(38)33-22(28(39)40)10-17-12-31-21-9-7-6-8-19(17)21)35-26(37)23(15(2)3)34-25(36)20(29)11-18-13-30-14-32-18/h6-9,12-16,20,22-24,31H,5,10-11,29H2,1-4H3,(H,30,32)(H,33,38)(H,34,36)(H,35,37)(H,39,40). The largest absolute Gasteiger partial charge is 0.480 e. The van der Waals surface area contributed by atoms with Crippen molar-refractivity contribution >= 4 is 34.6 Å². The minimum atomic E-state index is -1.21. The third-order valence-electron chi connectivity index (χ3n) is 7.09. The smallest absolute Gasteiger partial charge is 0.326 e. The SMILES string of the molecule is CCC(C)C(NC(=O)C(NC(=O)C(N)Cc1cnc[nH]1)C(C)C)C(=O)NC(Cc1c[nH]c2ccccc12)C(=O)O. The van der Waals surface area contributed by atoms with Gasteiger partial charge in [-0.3, -0.25) is 14.4 Å². The van der Waals surface area contributed by atoms with Crippen LogP contribution in [0.3, 0.4) is 0 Å². The number of nitrogens with zero attached hydrogens (tertiary/aromatic N) is 1. The number of nitrogens with two attached hydrogens (primary N) is 1. The summed E-state index contributed by atoms with van der Waals surface area (Å²) in [4.78, 5) is 61.5. The predicted molar refractivity (Wildman–Crippen MR) is 150 cm³/mol. The Bertz CT molecular complexity index is 1300. The van der Waals surface area contributed by atoms with Gasteiger partial charge in [-0.1, -0.05) is 52.3 Å². The lowest BCUT2D eigenvalue weighted by atomic mass is 9.95. The number of carbonyl (C=O) groups is 4. The molecule has 0 aliphatic heterocycles. The van der Waals surface area contributed by atoms with Gasteiger partial charge in [-0.15, -0.1) is 0 Å². The zero-order chi connectivity index (χ0) is 29.4. The number of hydrogen-bond acceptors (Lipinski definition) is 6. The van der Waals surface area contributed by atoms with Crippen LogP contribution in [0.5, 0.6) is 0 Å². The fraction of sp³-hybridized carbons (Fsp3) is 0.464. The maximum absolute atomic E-state index is 13.4. The van der Waals surface area contributed by atoms with Crippen LogP contribution in [0.1, 0.15) is 45.4 Å². The summed E-state index contributed by atoms with van der Waals surface area (Å²) in [5, 5.41) is 18.8. The first-order chi connectivity index (χ1) is 19.0. The minimum absolute atomic E-state index is 0.0607. The Morgan fingerprint density at radius 3 is 2.25 bits per heavy atom. The maximum atomic E-state index is 13.4. The van der Waals surface area contributed by atoms with Gasteiger partial charge in [0.2, 0.25) is 17.7 Å². The van der Waals surface area contributed by atoms with E-state index in [9.17, 15) is 24.3 Å². The molecule has 0 spiro atoms. The topological polar surface area (TPSA) is 195 Å².